The van der Waals surface area contributed by atoms with Crippen molar-refractivity contribution in [3.05, 3.63) is 107 Å². The van der Waals surface area contributed by atoms with E-state index in [1.807, 2.05) is 31.2 Å². The van der Waals surface area contributed by atoms with Crippen LogP contribution in [0, 0.1) is 0 Å². The fourth-order valence-electron chi connectivity index (χ4n) is 3.86. The zero-order valence-corrected chi connectivity index (χ0v) is 17.9. The number of hydrogen-bond acceptors (Lipinski definition) is 4. The molecule has 0 saturated heterocycles. The molecule has 0 radical (unpaired) electrons. The first-order valence-electron chi connectivity index (χ1n) is 10.5. The van der Waals surface area contributed by atoms with Crippen molar-refractivity contribution in [2.24, 2.45) is 0 Å². The highest BCUT2D eigenvalue weighted by Crippen LogP contribution is 2.31. The highest BCUT2D eigenvalue weighted by atomic mass is 19.4. The lowest BCUT2D eigenvalue weighted by molar-refractivity contribution is -0.137. The zero-order valence-electron chi connectivity index (χ0n) is 17.9. The summed E-state index contributed by atoms with van der Waals surface area (Å²) in [6, 6.07) is 16.8. The van der Waals surface area contributed by atoms with E-state index in [0.29, 0.717) is 28.0 Å². The van der Waals surface area contributed by atoms with Gasteiger partial charge in [-0.05, 0) is 61.5 Å². The summed E-state index contributed by atoms with van der Waals surface area (Å²) in [4.78, 5) is 21.6. The van der Waals surface area contributed by atoms with Gasteiger partial charge in [-0.2, -0.15) is 18.3 Å². The second-order valence-corrected chi connectivity index (χ2v) is 7.77. The second-order valence-electron chi connectivity index (χ2n) is 7.77. The lowest BCUT2D eigenvalue weighted by Gasteiger charge is -2.14. The van der Waals surface area contributed by atoms with Gasteiger partial charge in [0.05, 0.1) is 23.0 Å². The van der Waals surface area contributed by atoms with Crippen molar-refractivity contribution < 1.29 is 13.2 Å². The van der Waals surface area contributed by atoms with Gasteiger partial charge in [-0.1, -0.05) is 6.07 Å². The molecule has 0 amide bonds. The van der Waals surface area contributed by atoms with Crippen LogP contribution >= 0.6 is 0 Å². The number of benzene rings is 1. The van der Waals surface area contributed by atoms with E-state index in [1.165, 1.54) is 22.9 Å². The molecule has 0 fully saturated rings. The molecule has 0 bridgehead atoms. The first-order chi connectivity index (χ1) is 16.3. The summed E-state index contributed by atoms with van der Waals surface area (Å²) in [7, 11) is 0. The molecular weight excluding hydrogens is 443 g/mol. The second kappa shape index (κ2) is 8.26. The van der Waals surface area contributed by atoms with E-state index in [2.05, 4.69) is 15.1 Å². The number of pyridine rings is 3. The van der Waals surface area contributed by atoms with Gasteiger partial charge in [0, 0.05) is 35.6 Å². The van der Waals surface area contributed by atoms with Gasteiger partial charge < -0.3 is 4.57 Å². The Hall–Kier alpha value is -4.27. The van der Waals surface area contributed by atoms with Crippen LogP contribution in [-0.2, 0) is 6.18 Å². The fourth-order valence-corrected chi connectivity index (χ4v) is 3.86. The van der Waals surface area contributed by atoms with Crippen LogP contribution in [0.2, 0.25) is 0 Å². The molecule has 4 aromatic heterocycles. The van der Waals surface area contributed by atoms with Crippen LogP contribution in [0.5, 0.6) is 0 Å². The van der Waals surface area contributed by atoms with E-state index < -0.39 is 11.7 Å². The molecule has 34 heavy (non-hydrogen) atoms. The Bertz CT molecular complexity index is 1520. The highest BCUT2D eigenvalue weighted by molar-refractivity contribution is 5.91. The number of rotatable bonds is 4. The van der Waals surface area contributed by atoms with E-state index in [-0.39, 0.29) is 11.6 Å². The third-order valence-corrected chi connectivity index (χ3v) is 5.64. The average molecular weight is 461 g/mol. The predicted molar refractivity (Wildman–Crippen MR) is 122 cm³/mol. The molecule has 0 aliphatic rings. The summed E-state index contributed by atoms with van der Waals surface area (Å²) in [5.41, 5.74) is 1.79. The monoisotopic (exact) mass is 461 g/mol. The molecule has 170 valence electrons. The average Bonchev–Trinajstić information content (AvgIpc) is 3.23. The third-order valence-electron chi connectivity index (χ3n) is 5.64. The summed E-state index contributed by atoms with van der Waals surface area (Å²) >= 11 is 0. The number of halogens is 3. The molecule has 0 aliphatic heterocycles. The molecule has 0 spiro atoms. The maximum absolute atomic E-state index is 13.0. The van der Waals surface area contributed by atoms with Gasteiger partial charge in [-0.25, -0.2) is 9.67 Å². The van der Waals surface area contributed by atoms with Crippen LogP contribution < -0.4 is 5.56 Å². The van der Waals surface area contributed by atoms with Gasteiger partial charge in [-0.3, -0.25) is 9.78 Å². The topological polar surface area (TPSA) is 65.6 Å². The first kappa shape index (κ1) is 21.6. The Morgan fingerprint density at radius 3 is 2.35 bits per heavy atom. The molecule has 9 heteroatoms. The Labute approximate surface area is 192 Å². The van der Waals surface area contributed by atoms with Gasteiger partial charge in [0.15, 0.2) is 5.65 Å². The maximum atomic E-state index is 13.0. The van der Waals surface area contributed by atoms with Crippen LogP contribution in [0.4, 0.5) is 13.2 Å². The summed E-state index contributed by atoms with van der Waals surface area (Å²) < 4.78 is 42.0. The molecule has 6 nitrogen and oxygen atoms in total. The summed E-state index contributed by atoms with van der Waals surface area (Å²) in [6.07, 6.45) is 0.528. The van der Waals surface area contributed by atoms with Crippen molar-refractivity contribution >= 4 is 11.0 Å². The quantitative estimate of drug-likeness (QED) is 0.366. The van der Waals surface area contributed by atoms with Gasteiger partial charge in [0.25, 0.3) is 5.56 Å². The smallest absolute Gasteiger partial charge is 0.307 e. The molecule has 1 aromatic carbocycles. The van der Waals surface area contributed by atoms with Crippen molar-refractivity contribution in [2.45, 2.75) is 19.1 Å². The van der Waals surface area contributed by atoms with E-state index in [9.17, 15) is 18.0 Å². The third kappa shape index (κ3) is 3.85. The highest BCUT2D eigenvalue weighted by Gasteiger charge is 2.30. The summed E-state index contributed by atoms with van der Waals surface area (Å²) in [5.74, 6) is 0. The molecular formula is C25H18F3N5O. The molecule has 5 aromatic rings. The van der Waals surface area contributed by atoms with E-state index in [4.69, 9.17) is 0 Å². The van der Waals surface area contributed by atoms with Crippen LogP contribution in [0.15, 0.2) is 90.1 Å². The zero-order chi connectivity index (χ0) is 23.9. The summed E-state index contributed by atoms with van der Waals surface area (Å²) in [6.45, 7) is 1.89. The van der Waals surface area contributed by atoms with Gasteiger partial charge in [0.2, 0.25) is 0 Å². The van der Waals surface area contributed by atoms with Crippen LogP contribution in [0.25, 0.3) is 28.0 Å². The molecule has 4 heterocycles. The normalized spacial score (nSPS) is 12.7. The van der Waals surface area contributed by atoms with E-state index >= 15 is 0 Å². The number of alkyl halides is 3. The van der Waals surface area contributed by atoms with Gasteiger partial charge in [-0.15, -0.1) is 0 Å². The molecule has 0 saturated carbocycles. The SMILES string of the molecule is C[C@@H](c1ccccn1)n1ccc(-c2nn(-c3ccc(C(F)(F)F)cc3)c3ncccc23)cc1=O. The molecule has 0 N–H and O–H groups in total. The Balaban J connectivity index is 1.58. The van der Waals surface area contributed by atoms with Crippen molar-refractivity contribution in [1.29, 1.82) is 0 Å². The molecule has 1 atom stereocenters. The maximum Gasteiger partial charge on any atom is 0.416 e. The fraction of sp³-hybridized carbons (Fsp3) is 0.120. The predicted octanol–water partition coefficient (Wildman–Crippen LogP) is 5.27. The minimum atomic E-state index is -4.43. The first-order valence-corrected chi connectivity index (χ1v) is 10.5. The lowest BCUT2D eigenvalue weighted by atomic mass is 10.1. The number of aromatic nitrogens is 5. The van der Waals surface area contributed by atoms with Crippen LogP contribution in [0.1, 0.15) is 24.2 Å². The standard InChI is InChI=1S/C25H18F3N5O/c1-16(21-6-2-3-12-29-21)32-14-11-17(15-22(32)34)23-20-5-4-13-30-24(20)33(31-23)19-9-7-18(8-10-19)25(26,27)28/h2-16H,1H3/t16-/m0/s1. The summed E-state index contributed by atoms with van der Waals surface area (Å²) in [5, 5.41) is 5.29. The van der Waals surface area contributed by atoms with Crippen molar-refractivity contribution in [1.82, 2.24) is 24.3 Å². The van der Waals surface area contributed by atoms with Crippen molar-refractivity contribution in [3.8, 4) is 16.9 Å². The number of nitrogens with zero attached hydrogens (tertiary/aromatic N) is 5. The Morgan fingerprint density at radius 2 is 1.68 bits per heavy atom. The lowest BCUT2D eigenvalue weighted by Crippen LogP contribution is -2.23. The van der Waals surface area contributed by atoms with Gasteiger partial charge in [0.1, 0.15) is 5.69 Å². The van der Waals surface area contributed by atoms with Gasteiger partial charge >= 0.3 is 6.18 Å². The van der Waals surface area contributed by atoms with Crippen molar-refractivity contribution in [3.63, 3.8) is 0 Å². The Morgan fingerprint density at radius 1 is 0.912 bits per heavy atom. The molecule has 0 aliphatic carbocycles. The Kier molecular flexibility index (Phi) is 5.24. The number of fused-ring (bicyclic) bond motifs is 1. The largest absolute Gasteiger partial charge is 0.416 e. The van der Waals surface area contributed by atoms with Crippen LogP contribution in [-0.4, -0.2) is 24.3 Å². The molecule has 5 rings (SSSR count). The number of hydrogen-bond donors (Lipinski definition) is 0. The van der Waals surface area contributed by atoms with Crippen LogP contribution in [0.3, 0.4) is 0 Å². The minimum absolute atomic E-state index is 0.225. The van der Waals surface area contributed by atoms with E-state index in [1.54, 1.807) is 35.3 Å². The molecule has 0 unspecified atom stereocenters. The van der Waals surface area contributed by atoms with Crippen molar-refractivity contribution in [2.75, 3.05) is 0 Å². The minimum Gasteiger partial charge on any atom is -0.307 e. The van der Waals surface area contributed by atoms with E-state index in [0.717, 1.165) is 17.8 Å².